The monoisotopic (exact) mass is 418 g/mol. The zero-order chi connectivity index (χ0) is 21.8. The topological polar surface area (TPSA) is 49.9 Å². The van der Waals surface area contributed by atoms with Crippen molar-refractivity contribution >= 4 is 23.1 Å². The van der Waals surface area contributed by atoms with E-state index in [1.807, 2.05) is 47.4 Å². The number of aryl methyl sites for hydroxylation is 1. The van der Waals surface area contributed by atoms with Gasteiger partial charge in [0.1, 0.15) is 11.4 Å². The summed E-state index contributed by atoms with van der Waals surface area (Å²) >= 11 is 0. The summed E-state index contributed by atoms with van der Waals surface area (Å²) < 4.78 is 5.56. The lowest BCUT2D eigenvalue weighted by Crippen LogP contribution is -2.37. The van der Waals surface area contributed by atoms with Gasteiger partial charge in [-0.1, -0.05) is 62.6 Å². The Kier molecular flexibility index (Phi) is 6.40. The molecule has 4 rings (SSSR count). The minimum Gasteiger partial charge on any atom is -0.496 e. The number of hydrogen-bond donors (Lipinski definition) is 0. The highest BCUT2D eigenvalue weighted by Crippen LogP contribution is 2.40. The first-order chi connectivity index (χ1) is 15.2. The predicted molar refractivity (Wildman–Crippen MR) is 123 cm³/mol. The van der Waals surface area contributed by atoms with Gasteiger partial charge in [-0.25, -0.2) is 0 Å². The molecule has 2 aliphatic heterocycles. The normalized spacial score (nSPS) is 16.2. The zero-order valence-corrected chi connectivity index (χ0v) is 18.4. The summed E-state index contributed by atoms with van der Waals surface area (Å²) in [5.41, 5.74) is 3.84. The van der Waals surface area contributed by atoms with Crippen LogP contribution in [0.15, 0.2) is 54.2 Å². The molecule has 0 atom stereocenters. The van der Waals surface area contributed by atoms with Crippen molar-refractivity contribution in [1.82, 2.24) is 4.90 Å². The number of hydrogen-bond acceptors (Lipinski definition) is 4. The molecule has 2 amide bonds. The first-order valence-electron chi connectivity index (χ1n) is 11.3. The number of fused-ring (bicyclic) bond motifs is 1. The van der Waals surface area contributed by atoms with E-state index in [-0.39, 0.29) is 11.8 Å². The number of anilines is 1. The summed E-state index contributed by atoms with van der Waals surface area (Å²) in [7, 11) is 1.60. The van der Waals surface area contributed by atoms with E-state index >= 15 is 0 Å². The third-order valence-corrected chi connectivity index (χ3v) is 6.14. The minimum absolute atomic E-state index is 0.195. The molecule has 5 nitrogen and oxygen atoms in total. The second-order valence-corrected chi connectivity index (χ2v) is 8.13. The summed E-state index contributed by atoms with van der Waals surface area (Å²) in [5.74, 6) is 0.192. The molecule has 31 heavy (non-hydrogen) atoms. The van der Waals surface area contributed by atoms with E-state index in [4.69, 9.17) is 4.74 Å². The van der Waals surface area contributed by atoms with Crippen molar-refractivity contribution in [3.05, 3.63) is 65.4 Å². The van der Waals surface area contributed by atoms with Gasteiger partial charge in [-0.3, -0.25) is 14.5 Å². The van der Waals surface area contributed by atoms with Crippen LogP contribution in [-0.4, -0.2) is 36.9 Å². The third-order valence-electron chi connectivity index (χ3n) is 6.14. The Morgan fingerprint density at radius 2 is 1.71 bits per heavy atom. The lowest BCUT2D eigenvalue weighted by Gasteiger charge is -2.32. The van der Waals surface area contributed by atoms with Gasteiger partial charge in [-0.15, -0.1) is 0 Å². The first kappa shape index (κ1) is 21.2. The fraction of sp³-hybridized carbons (Fsp3) is 0.385. The quantitative estimate of drug-likeness (QED) is 0.456. The summed E-state index contributed by atoms with van der Waals surface area (Å²) in [5, 5.41) is 0. The second-order valence-electron chi connectivity index (χ2n) is 8.13. The Balaban J connectivity index is 1.80. The summed E-state index contributed by atoms with van der Waals surface area (Å²) in [6, 6.07) is 15.6. The average Bonchev–Trinajstić information content (AvgIpc) is 3.05. The van der Waals surface area contributed by atoms with Crippen LogP contribution in [0.2, 0.25) is 0 Å². The molecule has 0 aromatic heterocycles. The van der Waals surface area contributed by atoms with Gasteiger partial charge in [0.05, 0.1) is 12.7 Å². The molecular weight excluding hydrogens is 388 g/mol. The molecule has 0 N–H and O–H groups in total. The highest BCUT2D eigenvalue weighted by molar-refractivity contribution is 6.37. The number of carbonyl (C=O) groups excluding carboxylic acids is 2. The van der Waals surface area contributed by atoms with Gasteiger partial charge in [0.15, 0.2) is 0 Å². The van der Waals surface area contributed by atoms with Gasteiger partial charge in [0.25, 0.3) is 11.8 Å². The standard InChI is InChI=1S/C26H30N2O3/c1-3-4-5-10-17-28-25(29)23(20-14-7-9-16-22(20)31-2)24(26(28)30)27-18-11-13-19-12-6-8-15-21(19)27/h6-9,12,14-16H,3-5,10-11,13,17-18H2,1-2H3. The average molecular weight is 419 g/mol. The molecule has 162 valence electrons. The molecule has 2 aromatic carbocycles. The Morgan fingerprint density at radius 3 is 2.52 bits per heavy atom. The van der Waals surface area contributed by atoms with Crippen LogP contribution in [0.5, 0.6) is 5.75 Å². The molecule has 5 heteroatoms. The maximum absolute atomic E-state index is 13.6. The van der Waals surface area contributed by atoms with Crippen molar-refractivity contribution in [1.29, 1.82) is 0 Å². The highest BCUT2D eigenvalue weighted by atomic mass is 16.5. The SMILES string of the molecule is CCCCCCN1C(=O)C(c2ccccc2OC)=C(N2CCCc3ccccc32)C1=O. The van der Waals surface area contributed by atoms with E-state index < -0.39 is 0 Å². The van der Waals surface area contributed by atoms with E-state index in [9.17, 15) is 9.59 Å². The van der Waals surface area contributed by atoms with Crippen molar-refractivity contribution in [2.75, 3.05) is 25.1 Å². The Morgan fingerprint density at radius 1 is 0.935 bits per heavy atom. The number of imide groups is 1. The van der Waals surface area contributed by atoms with Crippen LogP contribution < -0.4 is 9.64 Å². The number of methoxy groups -OCH3 is 1. The molecule has 0 spiro atoms. The molecule has 0 radical (unpaired) electrons. The molecule has 0 saturated heterocycles. The lowest BCUT2D eigenvalue weighted by atomic mass is 9.98. The number of unbranched alkanes of at least 4 members (excludes halogenated alkanes) is 3. The zero-order valence-electron chi connectivity index (χ0n) is 18.4. The van der Waals surface area contributed by atoms with Gasteiger partial charge in [-0.05, 0) is 37.0 Å². The number of para-hydroxylation sites is 2. The van der Waals surface area contributed by atoms with Crippen LogP contribution in [-0.2, 0) is 16.0 Å². The van der Waals surface area contributed by atoms with Crippen molar-refractivity contribution in [2.24, 2.45) is 0 Å². The highest BCUT2D eigenvalue weighted by Gasteiger charge is 2.43. The van der Waals surface area contributed by atoms with Crippen LogP contribution in [0.25, 0.3) is 5.57 Å². The molecule has 0 saturated carbocycles. The van der Waals surface area contributed by atoms with Crippen LogP contribution in [0.1, 0.15) is 50.2 Å². The van der Waals surface area contributed by atoms with Crippen molar-refractivity contribution in [2.45, 2.75) is 45.4 Å². The van der Waals surface area contributed by atoms with Crippen LogP contribution >= 0.6 is 0 Å². The van der Waals surface area contributed by atoms with E-state index in [1.54, 1.807) is 7.11 Å². The number of nitrogens with zero attached hydrogens (tertiary/aromatic N) is 2. The number of benzene rings is 2. The van der Waals surface area contributed by atoms with Gasteiger partial charge >= 0.3 is 0 Å². The lowest BCUT2D eigenvalue weighted by molar-refractivity contribution is -0.137. The van der Waals surface area contributed by atoms with Crippen molar-refractivity contribution < 1.29 is 14.3 Å². The number of ether oxygens (including phenoxy) is 1. The summed E-state index contributed by atoms with van der Waals surface area (Å²) in [4.78, 5) is 30.7. The molecule has 0 fully saturated rings. The van der Waals surface area contributed by atoms with Gasteiger partial charge < -0.3 is 9.64 Å². The number of carbonyl (C=O) groups is 2. The van der Waals surface area contributed by atoms with Crippen molar-refractivity contribution in [3.63, 3.8) is 0 Å². The van der Waals surface area contributed by atoms with Crippen LogP contribution in [0.4, 0.5) is 5.69 Å². The fourth-order valence-electron chi connectivity index (χ4n) is 4.57. The maximum atomic E-state index is 13.6. The summed E-state index contributed by atoms with van der Waals surface area (Å²) in [6.45, 7) is 3.32. The third kappa shape index (κ3) is 3.97. The van der Waals surface area contributed by atoms with E-state index in [0.717, 1.165) is 44.2 Å². The van der Waals surface area contributed by atoms with E-state index in [1.165, 1.54) is 10.5 Å². The molecule has 2 aliphatic rings. The van der Waals surface area contributed by atoms with Gasteiger partial charge in [-0.2, -0.15) is 0 Å². The Bertz CT molecular complexity index is 1010. The Labute approximate surface area is 184 Å². The predicted octanol–water partition coefficient (Wildman–Crippen LogP) is 4.81. The maximum Gasteiger partial charge on any atom is 0.278 e. The molecule has 2 heterocycles. The molecule has 0 aliphatic carbocycles. The molecule has 2 aromatic rings. The van der Waals surface area contributed by atoms with Crippen LogP contribution in [0, 0.1) is 0 Å². The first-order valence-corrected chi connectivity index (χ1v) is 11.3. The fourth-order valence-corrected chi connectivity index (χ4v) is 4.57. The molecular formula is C26H30N2O3. The number of rotatable bonds is 8. The van der Waals surface area contributed by atoms with Gasteiger partial charge in [0.2, 0.25) is 0 Å². The van der Waals surface area contributed by atoms with Crippen molar-refractivity contribution in [3.8, 4) is 5.75 Å². The van der Waals surface area contributed by atoms with Gasteiger partial charge in [0, 0.05) is 24.3 Å². The molecule has 0 unspecified atom stereocenters. The smallest absolute Gasteiger partial charge is 0.278 e. The van der Waals surface area contributed by atoms with Crippen LogP contribution in [0.3, 0.4) is 0 Å². The Hall–Kier alpha value is -3.08. The second kappa shape index (κ2) is 9.38. The minimum atomic E-state index is -0.218. The number of amides is 2. The molecule has 0 bridgehead atoms. The van der Waals surface area contributed by atoms with E-state index in [0.29, 0.717) is 35.7 Å². The largest absolute Gasteiger partial charge is 0.496 e. The summed E-state index contributed by atoms with van der Waals surface area (Å²) in [6.07, 6.45) is 5.98. The van der Waals surface area contributed by atoms with E-state index in [2.05, 4.69) is 13.0 Å².